The molecule has 0 aromatic carbocycles. The Morgan fingerprint density at radius 2 is 0.750 bits per heavy atom. The summed E-state index contributed by atoms with van der Waals surface area (Å²) in [5, 5.41) is 0. The van der Waals surface area contributed by atoms with Gasteiger partial charge >= 0.3 is 29.6 Å². The van der Waals surface area contributed by atoms with Gasteiger partial charge in [-0.3, -0.25) is 0 Å². The Labute approximate surface area is 59.6 Å². The van der Waals surface area contributed by atoms with Crippen LogP contribution >= 0.6 is 24.8 Å². The molecule has 0 saturated heterocycles. The van der Waals surface area contributed by atoms with E-state index in [1.54, 1.807) is 0 Å². The van der Waals surface area contributed by atoms with Crippen molar-refractivity contribution >= 4 is 24.8 Å². The Kier molecular flexibility index (Phi) is 289. The molecule has 0 fully saturated rings. The largest absolute Gasteiger partial charge is 1.00 e. The van der Waals surface area contributed by atoms with Crippen molar-refractivity contribution < 1.29 is 35.0 Å². The van der Waals surface area contributed by atoms with Crippen LogP contribution in [0.15, 0.2) is 0 Å². The van der Waals surface area contributed by atoms with Crippen molar-refractivity contribution in [3.05, 3.63) is 0 Å². The van der Waals surface area contributed by atoms with Gasteiger partial charge in [-0.25, -0.2) is 0 Å². The Morgan fingerprint density at radius 3 is 0.750 bits per heavy atom. The second-order valence-corrected chi connectivity index (χ2v) is 0. The maximum absolute atomic E-state index is 0. The molecular weight excluding hydrogens is 110 g/mol. The maximum Gasteiger partial charge on any atom is 1.00 e. The second kappa shape index (κ2) is 24.0. The predicted octanol–water partition coefficient (Wildman–Crippen LogP) is -2.33. The van der Waals surface area contributed by atoms with Crippen LogP contribution in [-0.2, 0) is 0 Å². The van der Waals surface area contributed by atoms with E-state index in [0.29, 0.717) is 0 Å². The molecule has 0 aliphatic rings. The van der Waals surface area contributed by atoms with Gasteiger partial charge in [-0.1, -0.05) is 0 Å². The fourth-order valence-corrected chi connectivity index (χ4v) is 0. The van der Waals surface area contributed by atoms with E-state index in [2.05, 4.69) is 0 Å². The Balaban J connectivity index is 0. The van der Waals surface area contributed by atoms with E-state index in [4.69, 9.17) is 0 Å². The van der Waals surface area contributed by atoms with Crippen molar-refractivity contribution in [1.82, 2.24) is 0 Å². The molecule has 0 atom stereocenters. The van der Waals surface area contributed by atoms with Gasteiger partial charge in [-0.05, 0) is 0 Å². The van der Waals surface area contributed by atoms with Crippen molar-refractivity contribution in [2.24, 2.45) is 0 Å². The van der Waals surface area contributed by atoms with Crippen LogP contribution < -0.4 is 29.6 Å². The molecule has 0 aliphatic heterocycles. The fourth-order valence-electron chi connectivity index (χ4n) is 0. The summed E-state index contributed by atoms with van der Waals surface area (Å²) in [5.41, 5.74) is 0. The Bertz CT molecular complexity index is 6.00. The van der Waals surface area contributed by atoms with Crippen molar-refractivity contribution in [1.29, 1.82) is 0 Å². The molecular formula is H3Cl2NaO. The van der Waals surface area contributed by atoms with Crippen LogP contribution in [0.2, 0.25) is 0 Å². The minimum Gasteiger partial charge on any atom is -0.870 e. The van der Waals surface area contributed by atoms with Crippen LogP contribution in [-0.4, -0.2) is 5.48 Å². The molecule has 0 aromatic heterocycles. The van der Waals surface area contributed by atoms with Crippen molar-refractivity contribution in [2.75, 3.05) is 0 Å². The van der Waals surface area contributed by atoms with Crippen molar-refractivity contribution in [3.63, 3.8) is 0 Å². The molecule has 1 nitrogen and oxygen atoms in total. The second-order valence-electron chi connectivity index (χ2n) is 0. The quantitative estimate of drug-likeness (QED) is 0.324. The number of rotatable bonds is 0. The zero-order valence-corrected chi connectivity index (χ0v) is 5.90. The molecule has 4 heavy (non-hydrogen) atoms. The molecule has 4 heteroatoms. The monoisotopic (exact) mass is 112 g/mol. The summed E-state index contributed by atoms with van der Waals surface area (Å²) in [6.45, 7) is 0. The van der Waals surface area contributed by atoms with Gasteiger partial charge in [0.05, 0.1) is 0 Å². The van der Waals surface area contributed by atoms with Crippen LogP contribution in [0.25, 0.3) is 0 Å². The van der Waals surface area contributed by atoms with Crippen LogP contribution in [0.1, 0.15) is 0 Å². The first-order valence-electron chi connectivity index (χ1n) is 0. The first kappa shape index (κ1) is 48.1. The Morgan fingerprint density at radius 1 is 0.750 bits per heavy atom. The topological polar surface area (TPSA) is 30.0 Å². The van der Waals surface area contributed by atoms with E-state index >= 15 is 0 Å². The van der Waals surface area contributed by atoms with Gasteiger partial charge in [0.15, 0.2) is 0 Å². The summed E-state index contributed by atoms with van der Waals surface area (Å²) >= 11 is 0. The van der Waals surface area contributed by atoms with Crippen LogP contribution in [0.3, 0.4) is 0 Å². The number of hydrogen-bond acceptors (Lipinski definition) is 1. The van der Waals surface area contributed by atoms with Gasteiger partial charge in [0.25, 0.3) is 0 Å². The minimum absolute atomic E-state index is 0. The van der Waals surface area contributed by atoms with Crippen molar-refractivity contribution in [2.45, 2.75) is 0 Å². The molecule has 0 unspecified atom stereocenters. The summed E-state index contributed by atoms with van der Waals surface area (Å²) in [6, 6.07) is 0. The van der Waals surface area contributed by atoms with Crippen LogP contribution in [0, 0.1) is 0 Å². The molecule has 0 radical (unpaired) electrons. The molecule has 0 spiro atoms. The van der Waals surface area contributed by atoms with E-state index in [1.165, 1.54) is 0 Å². The SMILES string of the molecule is Cl.Cl.[Na+].[OH-]. The van der Waals surface area contributed by atoms with E-state index in [0.717, 1.165) is 0 Å². The Hall–Kier alpha value is 1.54. The van der Waals surface area contributed by atoms with Gasteiger partial charge in [0.2, 0.25) is 0 Å². The van der Waals surface area contributed by atoms with E-state index in [9.17, 15) is 0 Å². The minimum atomic E-state index is 0. The molecule has 0 aliphatic carbocycles. The summed E-state index contributed by atoms with van der Waals surface area (Å²) in [5.74, 6) is 0. The van der Waals surface area contributed by atoms with Crippen molar-refractivity contribution in [3.8, 4) is 0 Å². The summed E-state index contributed by atoms with van der Waals surface area (Å²) < 4.78 is 0. The third kappa shape index (κ3) is 9.63. The molecule has 0 aromatic rings. The molecule has 0 heterocycles. The normalized spacial score (nSPS) is 0. The summed E-state index contributed by atoms with van der Waals surface area (Å²) in [6.07, 6.45) is 0. The van der Waals surface area contributed by atoms with Gasteiger partial charge in [-0.2, -0.15) is 0 Å². The van der Waals surface area contributed by atoms with Gasteiger partial charge in [-0.15, -0.1) is 24.8 Å². The van der Waals surface area contributed by atoms with Gasteiger partial charge in [0, 0.05) is 0 Å². The zero-order valence-electron chi connectivity index (χ0n) is 2.26. The van der Waals surface area contributed by atoms with E-state index < -0.39 is 0 Å². The van der Waals surface area contributed by atoms with E-state index in [1.807, 2.05) is 0 Å². The molecule has 0 rings (SSSR count). The van der Waals surface area contributed by atoms with Crippen LogP contribution in [0.5, 0.6) is 0 Å². The van der Waals surface area contributed by atoms with Gasteiger partial charge < -0.3 is 5.48 Å². The molecule has 0 amide bonds. The molecule has 24 valence electrons. The molecule has 0 bridgehead atoms. The molecule has 0 saturated carbocycles. The first-order valence-corrected chi connectivity index (χ1v) is 0. The first-order chi connectivity index (χ1) is 0. The fraction of sp³-hybridized carbons (Fsp3) is 0. The zero-order chi connectivity index (χ0) is 0. The predicted molar refractivity (Wildman–Crippen MR) is 16.4 cm³/mol. The standard InChI is InChI=1S/2ClH.Na.H2O/h2*1H;;1H2/q;;+1;/p-1. The maximum atomic E-state index is 0. The van der Waals surface area contributed by atoms with E-state index in [-0.39, 0.29) is 59.8 Å². The summed E-state index contributed by atoms with van der Waals surface area (Å²) in [7, 11) is 0. The average Bonchev–Trinajstić information content (AvgIpc) is 0. The number of hydrogen-bond donors (Lipinski definition) is 0. The average molecular weight is 113 g/mol. The van der Waals surface area contributed by atoms with Gasteiger partial charge in [0.1, 0.15) is 0 Å². The van der Waals surface area contributed by atoms with Crippen LogP contribution in [0.4, 0.5) is 0 Å². The third-order valence-corrected chi connectivity index (χ3v) is 0. The third-order valence-electron chi connectivity index (χ3n) is 0. The smallest absolute Gasteiger partial charge is 0.870 e. The summed E-state index contributed by atoms with van der Waals surface area (Å²) in [4.78, 5) is 0. The number of halogens is 2. The molecule has 1 N–H and O–H groups in total.